The third-order valence-electron chi connectivity index (χ3n) is 3.64. The second-order valence-electron chi connectivity index (χ2n) is 5.12. The fraction of sp³-hybridized carbons (Fsp3) is 0.118. The molecule has 114 valence electrons. The van der Waals surface area contributed by atoms with Gasteiger partial charge in [0.2, 0.25) is 0 Å². The van der Waals surface area contributed by atoms with Gasteiger partial charge in [0.1, 0.15) is 36.5 Å². The van der Waals surface area contributed by atoms with Crippen molar-refractivity contribution >= 4 is 13.3 Å². The zero-order valence-electron chi connectivity index (χ0n) is 12.7. The lowest BCUT2D eigenvalue weighted by Gasteiger charge is -2.08. The molecule has 3 rings (SSSR count). The maximum atomic E-state index is 10.1. The molecule has 0 saturated carbocycles. The highest BCUT2D eigenvalue weighted by molar-refractivity contribution is 6.34. The normalized spacial score (nSPS) is 10.7. The van der Waals surface area contributed by atoms with E-state index in [0.29, 0.717) is 17.0 Å². The number of hydrogen-bond donors (Lipinski definition) is 2. The van der Waals surface area contributed by atoms with Crippen molar-refractivity contribution in [2.45, 2.75) is 6.92 Å². The van der Waals surface area contributed by atoms with Crippen LogP contribution < -0.4 is 10.2 Å². The summed E-state index contributed by atoms with van der Waals surface area (Å²) in [4.78, 5) is 0. The number of aromatic hydroxyl groups is 2. The molecule has 0 amide bonds. The average Bonchev–Trinajstić information content (AvgIpc) is 2.92. The van der Waals surface area contributed by atoms with Crippen LogP contribution in [0.4, 0.5) is 0 Å². The molecule has 0 saturated heterocycles. The predicted octanol–water partition coefficient (Wildman–Crippen LogP) is 2.53. The Hall–Kier alpha value is -2.89. The molecule has 2 N–H and O–H groups in total. The summed E-state index contributed by atoms with van der Waals surface area (Å²) in [7, 11) is 7.32. The van der Waals surface area contributed by atoms with Crippen molar-refractivity contribution < 1.29 is 19.5 Å². The number of aromatic nitrogens is 1. The number of hydrogen-bond acceptors (Lipinski definition) is 5. The molecule has 2 radical (unpaired) electrons. The minimum Gasteiger partial charge on any atom is -0.508 e. The van der Waals surface area contributed by atoms with Gasteiger partial charge in [-0.3, -0.25) is 0 Å². The van der Waals surface area contributed by atoms with Gasteiger partial charge in [0.15, 0.2) is 0 Å². The summed E-state index contributed by atoms with van der Waals surface area (Å²) in [5, 5.41) is 23.7. The zero-order valence-corrected chi connectivity index (χ0v) is 12.7. The molecular formula is C17H14BNO4. The topological polar surface area (TPSA) is 75.7 Å². The highest BCUT2D eigenvalue weighted by Gasteiger charge is 2.20. The molecule has 1 aromatic heterocycles. The number of nitrogens with zero attached hydrogens (tertiary/aromatic N) is 1. The molecule has 2 aromatic carbocycles. The number of phenolic OH excluding ortho intramolecular Hbond substituents is 2. The maximum Gasteiger partial charge on any atom is 0.142 e. The van der Waals surface area contributed by atoms with Gasteiger partial charge in [-0.15, -0.1) is 0 Å². The van der Waals surface area contributed by atoms with Crippen LogP contribution in [0.15, 0.2) is 40.9 Å². The Labute approximate surface area is 134 Å². The summed E-state index contributed by atoms with van der Waals surface area (Å²) in [6.07, 6.45) is 0. The van der Waals surface area contributed by atoms with E-state index in [1.165, 1.54) is 12.1 Å². The van der Waals surface area contributed by atoms with Crippen molar-refractivity contribution in [3.05, 3.63) is 42.2 Å². The lowest BCUT2D eigenvalue weighted by atomic mass is 9.90. The van der Waals surface area contributed by atoms with Crippen LogP contribution in [0.3, 0.4) is 0 Å². The van der Waals surface area contributed by atoms with Crippen LogP contribution >= 0.6 is 0 Å². The van der Waals surface area contributed by atoms with E-state index >= 15 is 0 Å². The molecule has 0 aliphatic heterocycles. The van der Waals surface area contributed by atoms with Gasteiger partial charge in [0, 0.05) is 11.6 Å². The molecular weight excluding hydrogens is 293 g/mol. The van der Waals surface area contributed by atoms with Crippen molar-refractivity contribution in [2.24, 2.45) is 0 Å². The van der Waals surface area contributed by atoms with E-state index in [1.54, 1.807) is 14.0 Å². The zero-order chi connectivity index (χ0) is 16.6. The van der Waals surface area contributed by atoms with Crippen molar-refractivity contribution in [1.29, 1.82) is 0 Å². The molecule has 0 unspecified atom stereocenters. The summed E-state index contributed by atoms with van der Waals surface area (Å²) >= 11 is 0. The highest BCUT2D eigenvalue weighted by atomic mass is 16.5. The summed E-state index contributed by atoms with van der Waals surface area (Å²) < 4.78 is 10.4. The number of methoxy groups -OCH3 is 1. The molecule has 0 aliphatic carbocycles. The van der Waals surface area contributed by atoms with Crippen molar-refractivity contribution in [2.75, 3.05) is 7.11 Å². The Kier molecular flexibility index (Phi) is 3.74. The van der Waals surface area contributed by atoms with Crippen molar-refractivity contribution in [3.8, 4) is 39.6 Å². The standard InChI is InChI=1S/C17H14BNO4/c1-9-16(10-3-5-11(22-2)6-4-10)17(19-23-9)12-7-13(18)15(21)8-14(12)20/h3-8,20-21H,1-2H3. The fourth-order valence-electron chi connectivity index (χ4n) is 2.44. The van der Waals surface area contributed by atoms with Crippen LogP contribution in [-0.2, 0) is 0 Å². The Morgan fingerprint density at radius 2 is 1.78 bits per heavy atom. The largest absolute Gasteiger partial charge is 0.508 e. The molecule has 1 heterocycles. The first-order chi connectivity index (χ1) is 11.0. The second kappa shape index (κ2) is 5.72. The third-order valence-corrected chi connectivity index (χ3v) is 3.64. The van der Waals surface area contributed by atoms with E-state index in [1.807, 2.05) is 24.3 Å². The lowest BCUT2D eigenvalue weighted by Crippen LogP contribution is -2.03. The van der Waals surface area contributed by atoms with E-state index in [4.69, 9.17) is 17.1 Å². The molecule has 6 heteroatoms. The number of ether oxygens (including phenoxy) is 1. The quantitative estimate of drug-likeness (QED) is 0.727. The molecule has 0 aliphatic rings. The van der Waals surface area contributed by atoms with E-state index in [9.17, 15) is 10.2 Å². The SMILES string of the molecule is [B]c1cc(-c2noc(C)c2-c2ccc(OC)cc2)c(O)cc1O. The molecule has 5 nitrogen and oxygen atoms in total. The summed E-state index contributed by atoms with van der Waals surface area (Å²) in [6.45, 7) is 1.79. The van der Waals surface area contributed by atoms with Gasteiger partial charge in [0.25, 0.3) is 0 Å². The van der Waals surface area contributed by atoms with E-state index in [0.717, 1.165) is 16.9 Å². The minimum atomic E-state index is -0.183. The molecule has 0 bridgehead atoms. The van der Waals surface area contributed by atoms with Crippen LogP contribution in [0.1, 0.15) is 5.76 Å². The van der Waals surface area contributed by atoms with Crippen LogP contribution in [0.25, 0.3) is 22.4 Å². The Morgan fingerprint density at radius 1 is 1.09 bits per heavy atom. The van der Waals surface area contributed by atoms with Gasteiger partial charge in [0.05, 0.1) is 12.7 Å². The van der Waals surface area contributed by atoms with Gasteiger partial charge in [-0.1, -0.05) is 28.8 Å². The van der Waals surface area contributed by atoms with Crippen LogP contribution in [0.2, 0.25) is 0 Å². The van der Waals surface area contributed by atoms with E-state index in [2.05, 4.69) is 5.16 Å². The predicted molar refractivity (Wildman–Crippen MR) is 87.4 cm³/mol. The van der Waals surface area contributed by atoms with Gasteiger partial charge >= 0.3 is 0 Å². The van der Waals surface area contributed by atoms with E-state index in [-0.39, 0.29) is 17.0 Å². The number of rotatable bonds is 3. The Bertz CT molecular complexity index is 856. The lowest BCUT2D eigenvalue weighted by molar-refractivity contribution is 0.399. The monoisotopic (exact) mass is 307 g/mol. The maximum absolute atomic E-state index is 10.1. The first-order valence-electron chi connectivity index (χ1n) is 6.93. The number of phenols is 2. The summed E-state index contributed by atoms with van der Waals surface area (Å²) in [5.41, 5.74) is 2.61. The van der Waals surface area contributed by atoms with Crippen molar-refractivity contribution in [1.82, 2.24) is 5.16 Å². The van der Waals surface area contributed by atoms with Crippen LogP contribution in [0, 0.1) is 6.92 Å². The van der Waals surface area contributed by atoms with Crippen molar-refractivity contribution in [3.63, 3.8) is 0 Å². The third kappa shape index (κ3) is 2.63. The molecule has 0 atom stereocenters. The van der Waals surface area contributed by atoms with Crippen LogP contribution in [-0.4, -0.2) is 30.3 Å². The van der Waals surface area contributed by atoms with Gasteiger partial charge in [-0.25, -0.2) is 0 Å². The first kappa shape index (κ1) is 15.0. The summed E-state index contributed by atoms with van der Waals surface area (Å²) in [6, 6.07) is 10.1. The number of aryl methyl sites for hydroxylation is 1. The summed E-state index contributed by atoms with van der Waals surface area (Å²) in [5.74, 6) is 1.04. The molecule has 23 heavy (non-hydrogen) atoms. The Balaban J connectivity index is 2.17. The molecule has 0 spiro atoms. The average molecular weight is 307 g/mol. The number of benzene rings is 2. The first-order valence-corrected chi connectivity index (χ1v) is 6.93. The highest BCUT2D eigenvalue weighted by Crippen LogP contribution is 2.39. The van der Waals surface area contributed by atoms with E-state index < -0.39 is 0 Å². The van der Waals surface area contributed by atoms with Gasteiger partial charge in [-0.2, -0.15) is 0 Å². The van der Waals surface area contributed by atoms with Gasteiger partial charge < -0.3 is 19.5 Å². The van der Waals surface area contributed by atoms with Crippen LogP contribution in [0.5, 0.6) is 17.2 Å². The molecule has 0 fully saturated rings. The minimum absolute atomic E-state index is 0.125. The second-order valence-corrected chi connectivity index (χ2v) is 5.12. The fourth-order valence-corrected chi connectivity index (χ4v) is 2.44. The van der Waals surface area contributed by atoms with Gasteiger partial charge in [-0.05, 0) is 24.6 Å². The molecule has 3 aromatic rings. The Morgan fingerprint density at radius 3 is 2.43 bits per heavy atom. The smallest absolute Gasteiger partial charge is 0.142 e.